The van der Waals surface area contributed by atoms with Crippen LogP contribution in [-0.2, 0) is 14.8 Å². The zero-order valence-electron chi connectivity index (χ0n) is 12.5. The number of carbonyl (C=O) groups excluding carboxylic acids is 1. The van der Waals surface area contributed by atoms with E-state index in [0.29, 0.717) is 24.6 Å². The Hall–Kier alpha value is -1.47. The van der Waals surface area contributed by atoms with Crippen LogP contribution < -0.4 is 5.32 Å². The van der Waals surface area contributed by atoms with Crippen molar-refractivity contribution in [3.8, 4) is 0 Å². The molecule has 1 N–H and O–H groups in total. The van der Waals surface area contributed by atoms with Gasteiger partial charge in [-0.1, -0.05) is 13.8 Å². The molecule has 0 bridgehead atoms. The number of amides is 1. The number of sulfonamides is 1. The zero-order valence-corrected chi connectivity index (χ0v) is 13.3. The standard InChI is InChI=1S/C14H21FN2O3S/c1-11(2)8-9-17(21(3,19)20)10-14(18)16-13-6-4-12(15)5-7-13/h4-7,11H,8-10H2,1-3H3,(H,16,18). The second kappa shape index (κ2) is 7.51. The smallest absolute Gasteiger partial charge is 0.239 e. The molecular formula is C14H21FN2O3S. The normalized spacial score (nSPS) is 11.9. The lowest BCUT2D eigenvalue weighted by molar-refractivity contribution is -0.116. The minimum absolute atomic E-state index is 0.247. The number of benzene rings is 1. The summed E-state index contributed by atoms with van der Waals surface area (Å²) in [5.74, 6) is -0.507. The molecule has 0 aliphatic heterocycles. The van der Waals surface area contributed by atoms with Crippen molar-refractivity contribution in [2.24, 2.45) is 5.92 Å². The summed E-state index contributed by atoms with van der Waals surface area (Å²) in [6.07, 6.45) is 1.76. The molecule has 1 aromatic rings. The maximum absolute atomic E-state index is 12.8. The highest BCUT2D eigenvalue weighted by Crippen LogP contribution is 2.10. The lowest BCUT2D eigenvalue weighted by Crippen LogP contribution is -2.38. The van der Waals surface area contributed by atoms with Gasteiger partial charge in [0.2, 0.25) is 15.9 Å². The largest absolute Gasteiger partial charge is 0.325 e. The molecule has 7 heteroatoms. The van der Waals surface area contributed by atoms with E-state index in [0.717, 1.165) is 10.6 Å². The molecule has 1 aromatic carbocycles. The average Bonchev–Trinajstić information content (AvgIpc) is 2.35. The van der Waals surface area contributed by atoms with E-state index in [2.05, 4.69) is 5.32 Å². The number of carbonyl (C=O) groups is 1. The lowest BCUT2D eigenvalue weighted by Gasteiger charge is -2.20. The molecule has 21 heavy (non-hydrogen) atoms. The SMILES string of the molecule is CC(C)CCN(CC(=O)Nc1ccc(F)cc1)S(C)(=O)=O. The third-order valence-corrected chi connectivity index (χ3v) is 4.12. The van der Waals surface area contributed by atoms with Crippen LogP contribution in [0.2, 0.25) is 0 Å². The second-order valence-electron chi connectivity index (χ2n) is 5.33. The predicted octanol–water partition coefficient (Wildman–Crippen LogP) is 2.07. The van der Waals surface area contributed by atoms with Crippen LogP contribution in [0.25, 0.3) is 0 Å². The molecule has 0 unspecified atom stereocenters. The maximum Gasteiger partial charge on any atom is 0.239 e. The molecule has 0 radical (unpaired) electrons. The van der Waals surface area contributed by atoms with Gasteiger partial charge in [0.25, 0.3) is 0 Å². The quantitative estimate of drug-likeness (QED) is 0.837. The van der Waals surface area contributed by atoms with Crippen LogP contribution in [0.3, 0.4) is 0 Å². The number of nitrogens with zero attached hydrogens (tertiary/aromatic N) is 1. The molecule has 0 atom stereocenters. The summed E-state index contributed by atoms with van der Waals surface area (Å²) >= 11 is 0. The van der Waals surface area contributed by atoms with Crippen molar-refractivity contribution in [1.82, 2.24) is 4.31 Å². The van der Waals surface area contributed by atoms with Gasteiger partial charge < -0.3 is 5.32 Å². The summed E-state index contributed by atoms with van der Waals surface area (Å²) in [5, 5.41) is 2.55. The number of hydrogen-bond donors (Lipinski definition) is 1. The highest BCUT2D eigenvalue weighted by atomic mass is 32.2. The summed E-state index contributed by atoms with van der Waals surface area (Å²) in [4.78, 5) is 11.9. The Morgan fingerprint density at radius 3 is 2.33 bits per heavy atom. The Kier molecular flexibility index (Phi) is 6.29. The molecule has 0 saturated heterocycles. The van der Waals surface area contributed by atoms with Gasteiger partial charge in [0.15, 0.2) is 0 Å². The molecule has 1 rings (SSSR count). The van der Waals surface area contributed by atoms with Crippen LogP contribution in [-0.4, -0.2) is 38.0 Å². The van der Waals surface area contributed by atoms with Gasteiger partial charge in [0.05, 0.1) is 12.8 Å². The molecule has 0 spiro atoms. The molecule has 0 aromatic heterocycles. The Labute approximate surface area is 125 Å². The lowest BCUT2D eigenvalue weighted by atomic mass is 10.1. The Bertz CT molecular complexity index is 570. The monoisotopic (exact) mass is 316 g/mol. The summed E-state index contributed by atoms with van der Waals surface area (Å²) in [6, 6.07) is 5.30. The Morgan fingerprint density at radius 2 is 1.86 bits per heavy atom. The summed E-state index contributed by atoms with van der Waals surface area (Å²) < 4.78 is 37.3. The van der Waals surface area contributed by atoms with E-state index >= 15 is 0 Å². The van der Waals surface area contributed by atoms with Gasteiger partial charge in [-0.05, 0) is 36.6 Å². The van der Waals surface area contributed by atoms with E-state index in [9.17, 15) is 17.6 Å². The van der Waals surface area contributed by atoms with Gasteiger partial charge in [-0.25, -0.2) is 12.8 Å². The van der Waals surface area contributed by atoms with Crippen molar-refractivity contribution in [1.29, 1.82) is 0 Å². The van der Waals surface area contributed by atoms with Crippen LogP contribution >= 0.6 is 0 Å². The van der Waals surface area contributed by atoms with Crippen molar-refractivity contribution in [3.05, 3.63) is 30.1 Å². The molecule has 0 saturated carbocycles. The molecule has 0 aliphatic rings. The zero-order chi connectivity index (χ0) is 16.0. The van der Waals surface area contributed by atoms with E-state index in [4.69, 9.17) is 0 Å². The fourth-order valence-corrected chi connectivity index (χ4v) is 2.45. The fraction of sp³-hybridized carbons (Fsp3) is 0.500. The van der Waals surface area contributed by atoms with Crippen LogP contribution in [0.15, 0.2) is 24.3 Å². The number of hydrogen-bond acceptors (Lipinski definition) is 3. The molecule has 0 aliphatic carbocycles. The highest BCUT2D eigenvalue weighted by molar-refractivity contribution is 7.88. The van der Waals surface area contributed by atoms with E-state index in [1.807, 2.05) is 13.8 Å². The minimum atomic E-state index is -3.44. The average molecular weight is 316 g/mol. The van der Waals surface area contributed by atoms with Gasteiger partial charge in [-0.15, -0.1) is 0 Å². The summed E-state index contributed by atoms with van der Waals surface area (Å²) in [5.41, 5.74) is 0.429. The third-order valence-electron chi connectivity index (χ3n) is 2.87. The first-order valence-corrected chi connectivity index (χ1v) is 8.54. The van der Waals surface area contributed by atoms with Gasteiger partial charge in [-0.2, -0.15) is 4.31 Å². The van der Waals surface area contributed by atoms with E-state index in [-0.39, 0.29) is 6.54 Å². The molecule has 5 nitrogen and oxygen atoms in total. The van der Waals surface area contributed by atoms with Gasteiger partial charge >= 0.3 is 0 Å². The number of rotatable bonds is 7. The molecule has 118 valence electrons. The number of anilines is 1. The van der Waals surface area contributed by atoms with Crippen molar-refractivity contribution in [2.75, 3.05) is 24.7 Å². The van der Waals surface area contributed by atoms with Crippen LogP contribution in [0, 0.1) is 11.7 Å². The van der Waals surface area contributed by atoms with Crippen molar-refractivity contribution in [2.45, 2.75) is 20.3 Å². The van der Waals surface area contributed by atoms with E-state index < -0.39 is 21.7 Å². The number of nitrogens with one attached hydrogen (secondary N) is 1. The summed E-state index contributed by atoms with van der Waals surface area (Å²) in [7, 11) is -3.44. The summed E-state index contributed by atoms with van der Waals surface area (Å²) in [6.45, 7) is 4.02. The van der Waals surface area contributed by atoms with Gasteiger partial charge in [0.1, 0.15) is 5.82 Å². The molecule has 0 fully saturated rings. The molecular weight excluding hydrogens is 295 g/mol. The molecule has 1 amide bonds. The fourth-order valence-electron chi connectivity index (χ4n) is 1.66. The van der Waals surface area contributed by atoms with Crippen LogP contribution in [0.4, 0.5) is 10.1 Å². The van der Waals surface area contributed by atoms with Crippen LogP contribution in [0.5, 0.6) is 0 Å². The third kappa shape index (κ3) is 6.68. The highest BCUT2D eigenvalue weighted by Gasteiger charge is 2.20. The van der Waals surface area contributed by atoms with Crippen molar-refractivity contribution >= 4 is 21.6 Å². The molecule has 0 heterocycles. The van der Waals surface area contributed by atoms with Crippen molar-refractivity contribution < 1.29 is 17.6 Å². The first kappa shape index (κ1) is 17.6. The van der Waals surface area contributed by atoms with E-state index in [1.165, 1.54) is 24.3 Å². The topological polar surface area (TPSA) is 66.5 Å². The van der Waals surface area contributed by atoms with Crippen molar-refractivity contribution in [3.63, 3.8) is 0 Å². The second-order valence-corrected chi connectivity index (χ2v) is 7.32. The Morgan fingerprint density at radius 1 is 1.29 bits per heavy atom. The minimum Gasteiger partial charge on any atom is -0.325 e. The number of halogens is 1. The first-order valence-electron chi connectivity index (χ1n) is 6.69. The predicted molar refractivity (Wildman–Crippen MR) is 80.9 cm³/mol. The Balaban J connectivity index is 2.65. The maximum atomic E-state index is 12.8. The first-order chi connectivity index (χ1) is 9.68. The van der Waals surface area contributed by atoms with Gasteiger partial charge in [0, 0.05) is 12.2 Å². The van der Waals surface area contributed by atoms with Crippen LogP contribution in [0.1, 0.15) is 20.3 Å². The van der Waals surface area contributed by atoms with E-state index in [1.54, 1.807) is 0 Å². The van der Waals surface area contributed by atoms with Gasteiger partial charge in [-0.3, -0.25) is 4.79 Å².